The van der Waals surface area contributed by atoms with E-state index >= 15 is 0 Å². The maximum atomic E-state index is 13.6. The number of nitrogens with zero attached hydrogens (tertiary/aromatic N) is 2. The molecule has 3 aliphatic rings. The lowest BCUT2D eigenvalue weighted by molar-refractivity contribution is -0.144. The van der Waals surface area contributed by atoms with E-state index < -0.39 is 0 Å². The van der Waals surface area contributed by atoms with Gasteiger partial charge in [-0.3, -0.25) is 14.5 Å². The van der Waals surface area contributed by atoms with Crippen LogP contribution in [0.5, 0.6) is 0 Å². The highest BCUT2D eigenvalue weighted by molar-refractivity contribution is 5.85. The first-order chi connectivity index (χ1) is 15.7. The van der Waals surface area contributed by atoms with Gasteiger partial charge in [-0.15, -0.1) is 0 Å². The van der Waals surface area contributed by atoms with Gasteiger partial charge < -0.3 is 10.2 Å². The number of likely N-dealkylation sites (tertiary alicyclic amines) is 1. The molecule has 32 heavy (non-hydrogen) atoms. The van der Waals surface area contributed by atoms with Crippen molar-refractivity contribution in [2.75, 3.05) is 13.1 Å². The molecule has 2 aromatic carbocycles. The summed E-state index contributed by atoms with van der Waals surface area (Å²) in [5, 5.41) is 3.43. The van der Waals surface area contributed by atoms with Gasteiger partial charge in [0.05, 0.1) is 12.0 Å². The fourth-order valence-electron chi connectivity index (χ4n) is 5.96. The minimum atomic E-state index is -0.235. The Labute approximate surface area is 190 Å². The average Bonchev–Trinajstić information content (AvgIpc) is 3.24. The van der Waals surface area contributed by atoms with Crippen LogP contribution in [-0.2, 0) is 16.1 Å². The lowest BCUT2D eigenvalue weighted by Crippen LogP contribution is -2.52. The highest BCUT2D eigenvalue weighted by Crippen LogP contribution is 2.38. The van der Waals surface area contributed by atoms with Crippen LogP contribution in [0.3, 0.4) is 0 Å². The van der Waals surface area contributed by atoms with Gasteiger partial charge in [0.2, 0.25) is 11.8 Å². The predicted octanol–water partition coefficient (Wildman–Crippen LogP) is 3.91. The molecule has 4 unspecified atom stereocenters. The van der Waals surface area contributed by atoms with E-state index in [9.17, 15) is 9.59 Å². The summed E-state index contributed by atoms with van der Waals surface area (Å²) in [6.07, 6.45) is 5.77. The van der Waals surface area contributed by atoms with Gasteiger partial charge in [-0.25, -0.2) is 0 Å². The predicted molar refractivity (Wildman–Crippen MR) is 125 cm³/mol. The van der Waals surface area contributed by atoms with Crippen LogP contribution < -0.4 is 5.32 Å². The molecule has 0 saturated carbocycles. The Morgan fingerprint density at radius 1 is 0.906 bits per heavy atom. The summed E-state index contributed by atoms with van der Waals surface area (Å²) in [4.78, 5) is 31.2. The summed E-state index contributed by atoms with van der Waals surface area (Å²) in [5.41, 5.74) is 2.14. The van der Waals surface area contributed by atoms with E-state index in [1.165, 1.54) is 19.3 Å². The molecule has 3 fully saturated rings. The smallest absolute Gasteiger partial charge is 0.225 e. The van der Waals surface area contributed by atoms with Crippen LogP contribution in [0.25, 0.3) is 0 Å². The summed E-state index contributed by atoms with van der Waals surface area (Å²) in [6, 6.07) is 20.7. The van der Waals surface area contributed by atoms with E-state index in [4.69, 9.17) is 0 Å². The normalized spacial score (nSPS) is 28.4. The minimum Gasteiger partial charge on any atom is -0.351 e. The molecule has 3 saturated heterocycles. The zero-order valence-electron chi connectivity index (χ0n) is 18.7. The Morgan fingerprint density at radius 3 is 2.44 bits per heavy atom. The van der Waals surface area contributed by atoms with Crippen molar-refractivity contribution in [3.63, 3.8) is 0 Å². The molecule has 3 heterocycles. The van der Waals surface area contributed by atoms with Crippen LogP contribution in [0.2, 0.25) is 0 Å². The first-order valence-corrected chi connectivity index (χ1v) is 12.1. The van der Waals surface area contributed by atoms with E-state index in [2.05, 4.69) is 34.5 Å². The summed E-state index contributed by atoms with van der Waals surface area (Å²) >= 11 is 0. The van der Waals surface area contributed by atoms with Crippen LogP contribution in [0.15, 0.2) is 60.7 Å². The number of fused-ring (bicyclic) bond motifs is 1. The third-order valence-electron chi connectivity index (χ3n) is 7.56. The molecule has 168 valence electrons. The molecule has 5 rings (SSSR count). The van der Waals surface area contributed by atoms with Gasteiger partial charge in [0.15, 0.2) is 0 Å². The second-order valence-corrected chi connectivity index (χ2v) is 9.51. The van der Waals surface area contributed by atoms with Gasteiger partial charge in [-0.2, -0.15) is 0 Å². The standard InChI is InChI=1S/C27H33N3O2/c31-25-15-14-22(27(32)28-23-16-18-29-17-8-7-13-24(23)29)26(21-11-5-2-6-12-21)30(25)19-20-9-3-1-4-10-20/h1-6,9-12,22-24,26H,7-8,13-19H2,(H,28,32). The summed E-state index contributed by atoms with van der Waals surface area (Å²) in [7, 11) is 0. The summed E-state index contributed by atoms with van der Waals surface area (Å²) in [6.45, 7) is 2.77. The monoisotopic (exact) mass is 431 g/mol. The molecule has 5 nitrogen and oxygen atoms in total. The van der Waals surface area contributed by atoms with Gasteiger partial charge in [-0.1, -0.05) is 67.1 Å². The number of carbonyl (C=O) groups excluding carboxylic acids is 2. The Morgan fingerprint density at radius 2 is 1.66 bits per heavy atom. The maximum absolute atomic E-state index is 13.6. The van der Waals surface area contributed by atoms with Crippen molar-refractivity contribution in [2.24, 2.45) is 5.92 Å². The van der Waals surface area contributed by atoms with Crippen molar-refractivity contribution in [1.82, 2.24) is 15.1 Å². The van der Waals surface area contributed by atoms with Crippen LogP contribution in [0.1, 0.15) is 55.7 Å². The van der Waals surface area contributed by atoms with E-state index in [0.717, 1.165) is 30.6 Å². The SMILES string of the molecule is O=C(NC1CCN2CCCCC12)C1CCC(=O)N(Cc2ccccc2)C1c1ccccc1. The zero-order chi connectivity index (χ0) is 21.9. The second kappa shape index (κ2) is 9.45. The van der Waals surface area contributed by atoms with Gasteiger partial charge in [0.1, 0.15) is 0 Å². The lowest BCUT2D eigenvalue weighted by Gasteiger charge is -2.41. The van der Waals surface area contributed by atoms with Gasteiger partial charge >= 0.3 is 0 Å². The van der Waals surface area contributed by atoms with E-state index in [0.29, 0.717) is 25.4 Å². The van der Waals surface area contributed by atoms with E-state index in [1.54, 1.807) is 0 Å². The van der Waals surface area contributed by atoms with Crippen LogP contribution in [-0.4, -0.2) is 46.8 Å². The molecule has 0 bridgehead atoms. The number of piperidine rings is 2. The van der Waals surface area contributed by atoms with Crippen molar-refractivity contribution >= 4 is 11.8 Å². The van der Waals surface area contributed by atoms with Crippen LogP contribution in [0, 0.1) is 5.92 Å². The average molecular weight is 432 g/mol. The number of benzene rings is 2. The number of rotatable bonds is 5. The molecular formula is C27H33N3O2. The maximum Gasteiger partial charge on any atom is 0.225 e. The quantitative estimate of drug-likeness (QED) is 0.781. The molecule has 2 amide bonds. The number of hydrogen-bond acceptors (Lipinski definition) is 3. The van der Waals surface area contributed by atoms with Crippen molar-refractivity contribution in [2.45, 2.75) is 63.2 Å². The first kappa shape index (κ1) is 21.2. The Kier molecular flexibility index (Phi) is 6.26. The van der Waals surface area contributed by atoms with E-state index in [1.807, 2.05) is 41.3 Å². The van der Waals surface area contributed by atoms with E-state index in [-0.39, 0.29) is 29.8 Å². The number of nitrogens with one attached hydrogen (secondary N) is 1. The third kappa shape index (κ3) is 4.31. The number of amides is 2. The van der Waals surface area contributed by atoms with Crippen molar-refractivity contribution < 1.29 is 9.59 Å². The molecule has 0 aromatic heterocycles. The summed E-state index contributed by atoms with van der Waals surface area (Å²) in [5.74, 6) is 0.0179. The molecule has 0 aliphatic carbocycles. The number of carbonyl (C=O) groups is 2. The lowest BCUT2D eigenvalue weighted by atomic mass is 9.83. The fraction of sp³-hybridized carbons (Fsp3) is 0.481. The molecular weight excluding hydrogens is 398 g/mol. The van der Waals surface area contributed by atoms with Crippen molar-refractivity contribution in [1.29, 1.82) is 0 Å². The zero-order valence-corrected chi connectivity index (χ0v) is 18.7. The first-order valence-electron chi connectivity index (χ1n) is 12.1. The largest absolute Gasteiger partial charge is 0.351 e. The minimum absolute atomic E-state index is 0.113. The van der Waals surface area contributed by atoms with Crippen molar-refractivity contribution in [3.8, 4) is 0 Å². The molecule has 4 atom stereocenters. The molecule has 0 radical (unpaired) electrons. The second-order valence-electron chi connectivity index (χ2n) is 9.51. The summed E-state index contributed by atoms with van der Waals surface area (Å²) < 4.78 is 0. The fourth-order valence-corrected chi connectivity index (χ4v) is 5.96. The molecule has 0 spiro atoms. The highest BCUT2D eigenvalue weighted by atomic mass is 16.2. The Balaban J connectivity index is 1.39. The van der Waals surface area contributed by atoms with Crippen molar-refractivity contribution in [3.05, 3.63) is 71.8 Å². The van der Waals surface area contributed by atoms with Gasteiger partial charge in [0.25, 0.3) is 0 Å². The van der Waals surface area contributed by atoms with Gasteiger partial charge in [0, 0.05) is 31.6 Å². The molecule has 2 aromatic rings. The van der Waals surface area contributed by atoms with Crippen LogP contribution >= 0.6 is 0 Å². The Bertz CT molecular complexity index is 932. The number of hydrogen-bond donors (Lipinski definition) is 1. The van der Waals surface area contributed by atoms with Gasteiger partial charge in [-0.05, 0) is 43.4 Å². The molecule has 5 heteroatoms. The molecule has 3 aliphatic heterocycles. The van der Waals surface area contributed by atoms with Crippen LogP contribution in [0.4, 0.5) is 0 Å². The topological polar surface area (TPSA) is 52.7 Å². The highest BCUT2D eigenvalue weighted by Gasteiger charge is 2.43. The third-order valence-corrected chi connectivity index (χ3v) is 7.56. The molecule has 1 N–H and O–H groups in total. The Hall–Kier alpha value is -2.66.